The first kappa shape index (κ1) is 17.4. The van der Waals surface area contributed by atoms with E-state index in [4.69, 9.17) is 0 Å². The van der Waals surface area contributed by atoms with Gasteiger partial charge in [0, 0.05) is 31.9 Å². The highest BCUT2D eigenvalue weighted by Gasteiger charge is 2.20. The molecular weight excluding hydrogens is 269 g/mol. The summed E-state index contributed by atoms with van der Waals surface area (Å²) in [6, 6.07) is 6.43. The molecule has 1 aliphatic heterocycles. The van der Waals surface area contributed by atoms with Gasteiger partial charge in [-0.1, -0.05) is 12.1 Å². The van der Waals surface area contributed by atoms with Gasteiger partial charge in [0.15, 0.2) is 0 Å². The fourth-order valence-corrected chi connectivity index (χ4v) is 2.15. The highest BCUT2D eigenvalue weighted by atomic mass is 35.5. The van der Waals surface area contributed by atoms with Gasteiger partial charge < -0.3 is 5.32 Å². The quantitative estimate of drug-likeness (QED) is 0.866. The van der Waals surface area contributed by atoms with Crippen LogP contribution in [0.5, 0.6) is 0 Å². The maximum atomic E-state index is 4.59. The molecular formula is C13H21Cl2N3. The summed E-state index contributed by atoms with van der Waals surface area (Å²) in [5.41, 5.74) is 2.18. The summed E-state index contributed by atoms with van der Waals surface area (Å²) in [5.74, 6) is 0. The zero-order valence-electron chi connectivity index (χ0n) is 10.6. The van der Waals surface area contributed by atoms with Crippen molar-refractivity contribution in [2.75, 3.05) is 26.2 Å². The first-order valence-electron chi connectivity index (χ1n) is 5.82. The van der Waals surface area contributed by atoms with Crippen LogP contribution in [-0.4, -0.2) is 36.1 Å². The van der Waals surface area contributed by atoms with Crippen molar-refractivity contribution in [3.8, 4) is 0 Å². The van der Waals surface area contributed by atoms with E-state index in [1.807, 2.05) is 19.1 Å². The van der Waals surface area contributed by atoms with Gasteiger partial charge in [0.2, 0.25) is 0 Å². The van der Waals surface area contributed by atoms with Gasteiger partial charge in [-0.2, -0.15) is 0 Å². The summed E-state index contributed by atoms with van der Waals surface area (Å²) in [6.45, 7) is 10.2. The SMILES string of the molecule is C=C[C@H](c1cccc(C)n1)N1CCNCC1.Cl.Cl. The minimum Gasteiger partial charge on any atom is -0.314 e. The molecule has 0 amide bonds. The van der Waals surface area contributed by atoms with Crippen molar-refractivity contribution in [2.24, 2.45) is 0 Å². The third kappa shape index (κ3) is 4.25. The van der Waals surface area contributed by atoms with Crippen molar-refractivity contribution in [1.82, 2.24) is 15.2 Å². The molecule has 1 aromatic rings. The number of pyridine rings is 1. The van der Waals surface area contributed by atoms with E-state index in [0.717, 1.165) is 37.6 Å². The molecule has 1 fully saturated rings. The van der Waals surface area contributed by atoms with E-state index >= 15 is 0 Å². The predicted octanol–water partition coefficient (Wildman–Crippen LogP) is 2.37. The number of halogens is 2. The molecule has 1 aliphatic rings. The van der Waals surface area contributed by atoms with Crippen LogP contribution >= 0.6 is 24.8 Å². The number of hydrogen-bond acceptors (Lipinski definition) is 3. The fraction of sp³-hybridized carbons (Fsp3) is 0.462. The van der Waals surface area contributed by atoms with Gasteiger partial charge in [0.05, 0.1) is 11.7 Å². The topological polar surface area (TPSA) is 28.2 Å². The molecule has 1 atom stereocenters. The third-order valence-corrected chi connectivity index (χ3v) is 2.98. The Kier molecular flexibility index (Phi) is 8.20. The van der Waals surface area contributed by atoms with Crippen molar-refractivity contribution in [1.29, 1.82) is 0 Å². The minimum absolute atomic E-state index is 0. The molecule has 3 nitrogen and oxygen atoms in total. The van der Waals surface area contributed by atoms with Crippen LogP contribution in [-0.2, 0) is 0 Å². The molecule has 0 aromatic carbocycles. The zero-order valence-corrected chi connectivity index (χ0v) is 12.3. The highest BCUT2D eigenvalue weighted by molar-refractivity contribution is 5.85. The van der Waals surface area contributed by atoms with Crippen molar-refractivity contribution < 1.29 is 0 Å². The van der Waals surface area contributed by atoms with E-state index in [1.165, 1.54) is 0 Å². The number of hydrogen-bond donors (Lipinski definition) is 1. The molecule has 0 spiro atoms. The lowest BCUT2D eigenvalue weighted by atomic mass is 10.1. The number of aryl methyl sites for hydroxylation is 1. The van der Waals surface area contributed by atoms with Crippen LogP contribution in [0.25, 0.3) is 0 Å². The molecule has 0 saturated carbocycles. The first-order valence-corrected chi connectivity index (χ1v) is 5.82. The van der Waals surface area contributed by atoms with E-state index in [2.05, 4.69) is 33.9 Å². The fourth-order valence-electron chi connectivity index (χ4n) is 2.15. The van der Waals surface area contributed by atoms with Gasteiger partial charge in [-0.25, -0.2) is 0 Å². The summed E-state index contributed by atoms with van der Waals surface area (Å²) < 4.78 is 0. The molecule has 0 unspecified atom stereocenters. The van der Waals surface area contributed by atoms with Crippen LogP contribution in [0.4, 0.5) is 0 Å². The maximum absolute atomic E-state index is 4.59. The van der Waals surface area contributed by atoms with Crippen LogP contribution in [0, 0.1) is 6.92 Å². The first-order chi connectivity index (χ1) is 7.81. The second kappa shape index (κ2) is 8.48. The summed E-state index contributed by atoms with van der Waals surface area (Å²) >= 11 is 0. The summed E-state index contributed by atoms with van der Waals surface area (Å²) in [7, 11) is 0. The number of nitrogens with one attached hydrogen (secondary N) is 1. The molecule has 2 heterocycles. The van der Waals surface area contributed by atoms with Crippen LogP contribution in [0.15, 0.2) is 30.9 Å². The maximum Gasteiger partial charge on any atom is 0.0704 e. The molecule has 102 valence electrons. The third-order valence-electron chi connectivity index (χ3n) is 2.98. The summed E-state index contributed by atoms with van der Waals surface area (Å²) in [4.78, 5) is 7.01. The smallest absolute Gasteiger partial charge is 0.0704 e. The van der Waals surface area contributed by atoms with Gasteiger partial charge in [-0.05, 0) is 19.1 Å². The Morgan fingerprint density at radius 2 is 2.00 bits per heavy atom. The Bertz CT molecular complexity index is 365. The summed E-state index contributed by atoms with van der Waals surface area (Å²) in [6.07, 6.45) is 1.99. The molecule has 18 heavy (non-hydrogen) atoms. The Morgan fingerprint density at radius 1 is 1.33 bits per heavy atom. The van der Waals surface area contributed by atoms with E-state index in [9.17, 15) is 0 Å². The number of nitrogens with zero attached hydrogens (tertiary/aromatic N) is 2. The summed E-state index contributed by atoms with van der Waals surface area (Å²) in [5, 5.41) is 3.36. The van der Waals surface area contributed by atoms with Crippen LogP contribution < -0.4 is 5.32 Å². The van der Waals surface area contributed by atoms with E-state index in [0.29, 0.717) is 0 Å². The molecule has 0 aliphatic carbocycles. The van der Waals surface area contributed by atoms with Crippen molar-refractivity contribution in [3.63, 3.8) is 0 Å². The molecule has 0 radical (unpaired) electrons. The zero-order chi connectivity index (χ0) is 11.4. The highest BCUT2D eigenvalue weighted by Crippen LogP contribution is 2.20. The minimum atomic E-state index is 0. The molecule has 2 rings (SSSR count). The lowest BCUT2D eigenvalue weighted by Crippen LogP contribution is -2.44. The monoisotopic (exact) mass is 289 g/mol. The number of piperazine rings is 1. The average molecular weight is 290 g/mol. The second-order valence-corrected chi connectivity index (χ2v) is 4.17. The Morgan fingerprint density at radius 3 is 2.56 bits per heavy atom. The van der Waals surface area contributed by atoms with Gasteiger partial charge in [-0.3, -0.25) is 9.88 Å². The largest absolute Gasteiger partial charge is 0.314 e. The van der Waals surface area contributed by atoms with Gasteiger partial charge >= 0.3 is 0 Å². The van der Waals surface area contributed by atoms with Crippen molar-refractivity contribution >= 4 is 24.8 Å². The molecule has 1 saturated heterocycles. The lowest BCUT2D eigenvalue weighted by molar-refractivity contribution is 0.200. The lowest BCUT2D eigenvalue weighted by Gasteiger charge is -2.32. The number of aromatic nitrogens is 1. The average Bonchev–Trinajstić information content (AvgIpc) is 2.31. The molecule has 1 N–H and O–H groups in total. The van der Waals surface area contributed by atoms with Gasteiger partial charge in [-0.15, -0.1) is 31.4 Å². The molecule has 1 aromatic heterocycles. The number of rotatable bonds is 3. The van der Waals surface area contributed by atoms with Crippen LogP contribution in [0.3, 0.4) is 0 Å². The molecule has 0 bridgehead atoms. The van der Waals surface area contributed by atoms with Crippen LogP contribution in [0.1, 0.15) is 17.4 Å². The van der Waals surface area contributed by atoms with Crippen molar-refractivity contribution in [3.05, 3.63) is 42.2 Å². The van der Waals surface area contributed by atoms with Gasteiger partial charge in [0.1, 0.15) is 0 Å². The second-order valence-electron chi connectivity index (χ2n) is 4.17. The van der Waals surface area contributed by atoms with Crippen LogP contribution in [0.2, 0.25) is 0 Å². The van der Waals surface area contributed by atoms with E-state index in [-0.39, 0.29) is 30.9 Å². The van der Waals surface area contributed by atoms with E-state index < -0.39 is 0 Å². The van der Waals surface area contributed by atoms with E-state index in [1.54, 1.807) is 0 Å². The Balaban J connectivity index is 0.00000144. The Labute approximate surface area is 121 Å². The predicted molar refractivity (Wildman–Crippen MR) is 80.9 cm³/mol. The standard InChI is InChI=1S/C13H19N3.2ClH/c1-3-13(16-9-7-14-8-10-16)12-6-4-5-11(2)15-12;;/h3-6,13-14H,1,7-10H2,2H3;2*1H/t13-;;/m1../s1. The Hall–Kier alpha value is -0.610. The normalized spacial score (nSPS) is 17.2. The molecule has 5 heteroatoms. The van der Waals surface area contributed by atoms with Crippen molar-refractivity contribution in [2.45, 2.75) is 13.0 Å². The van der Waals surface area contributed by atoms with Gasteiger partial charge in [0.25, 0.3) is 0 Å².